The molecule has 2 aliphatic rings. The fourth-order valence-electron chi connectivity index (χ4n) is 2.55. The molecule has 1 atom stereocenters. The highest BCUT2D eigenvalue weighted by Gasteiger charge is 2.28. The number of carbonyl (C=O) groups excluding carboxylic acids is 1. The lowest BCUT2D eigenvalue weighted by atomic mass is 10.1. The number of hydrogen-bond donors (Lipinski definition) is 2. The predicted octanol–water partition coefficient (Wildman–Crippen LogP) is 2.42. The van der Waals surface area contributed by atoms with Crippen molar-refractivity contribution in [3.8, 4) is 0 Å². The average Bonchev–Trinajstić information content (AvgIpc) is 3.11. The average molecular weight is 320 g/mol. The Morgan fingerprint density at radius 3 is 2.73 bits per heavy atom. The van der Waals surface area contributed by atoms with Gasteiger partial charge in [-0.1, -0.05) is 18.2 Å². The maximum absolute atomic E-state index is 12.2. The molecule has 118 valence electrons. The van der Waals surface area contributed by atoms with Gasteiger partial charge in [0.2, 0.25) is 15.9 Å². The molecule has 6 heteroatoms. The largest absolute Gasteiger partial charge is 0.326 e. The molecule has 0 spiro atoms. The fourth-order valence-corrected chi connectivity index (χ4v) is 3.90. The van der Waals surface area contributed by atoms with Crippen molar-refractivity contribution in [3.05, 3.63) is 36.4 Å². The molecule has 5 nitrogen and oxygen atoms in total. The zero-order valence-corrected chi connectivity index (χ0v) is 13.1. The Bertz CT molecular complexity index is 693. The monoisotopic (exact) mass is 320 g/mol. The van der Waals surface area contributed by atoms with Crippen LogP contribution in [0, 0.1) is 5.92 Å². The molecule has 0 aromatic heterocycles. The van der Waals surface area contributed by atoms with Crippen LogP contribution in [0.15, 0.2) is 41.3 Å². The molecule has 0 saturated heterocycles. The fraction of sp³-hybridized carbons (Fsp3) is 0.438. The molecule has 1 fully saturated rings. The number of amides is 1. The van der Waals surface area contributed by atoms with Crippen LogP contribution in [-0.2, 0) is 14.8 Å². The van der Waals surface area contributed by atoms with E-state index in [1.165, 1.54) is 6.07 Å². The maximum atomic E-state index is 12.2. The van der Waals surface area contributed by atoms with E-state index in [0.29, 0.717) is 18.0 Å². The van der Waals surface area contributed by atoms with E-state index >= 15 is 0 Å². The first kappa shape index (κ1) is 15.2. The Morgan fingerprint density at radius 1 is 1.23 bits per heavy atom. The van der Waals surface area contributed by atoms with Crippen molar-refractivity contribution >= 4 is 21.6 Å². The van der Waals surface area contributed by atoms with Gasteiger partial charge in [0, 0.05) is 18.2 Å². The minimum absolute atomic E-state index is 0.0670. The highest BCUT2D eigenvalue weighted by atomic mass is 32.2. The molecule has 1 aromatic rings. The third-order valence-corrected chi connectivity index (χ3v) is 5.41. The van der Waals surface area contributed by atoms with Crippen molar-refractivity contribution in [2.24, 2.45) is 5.92 Å². The van der Waals surface area contributed by atoms with Gasteiger partial charge in [-0.25, -0.2) is 13.1 Å². The van der Waals surface area contributed by atoms with Crippen molar-refractivity contribution in [1.82, 2.24) is 4.72 Å². The summed E-state index contributed by atoms with van der Waals surface area (Å²) in [5.41, 5.74) is 0.519. The second-order valence-electron chi connectivity index (χ2n) is 5.94. The Hall–Kier alpha value is -1.66. The second-order valence-corrected chi connectivity index (χ2v) is 7.66. The Labute approximate surface area is 130 Å². The van der Waals surface area contributed by atoms with Gasteiger partial charge in [-0.15, -0.1) is 0 Å². The number of allylic oxidation sites excluding steroid dienone is 2. The zero-order valence-electron chi connectivity index (χ0n) is 12.3. The van der Waals surface area contributed by atoms with Gasteiger partial charge in [0.05, 0.1) is 4.90 Å². The van der Waals surface area contributed by atoms with E-state index in [1.807, 2.05) is 0 Å². The van der Waals surface area contributed by atoms with E-state index in [4.69, 9.17) is 0 Å². The van der Waals surface area contributed by atoms with Gasteiger partial charge < -0.3 is 5.32 Å². The second kappa shape index (κ2) is 6.22. The molecule has 1 amide bonds. The molecule has 2 aliphatic carbocycles. The third-order valence-electron chi connectivity index (χ3n) is 3.89. The van der Waals surface area contributed by atoms with Crippen LogP contribution in [0.4, 0.5) is 5.69 Å². The normalized spacial score (nSPS) is 21.0. The van der Waals surface area contributed by atoms with E-state index in [2.05, 4.69) is 22.2 Å². The van der Waals surface area contributed by atoms with Gasteiger partial charge in [-0.3, -0.25) is 4.79 Å². The zero-order chi connectivity index (χ0) is 15.6. The first-order valence-electron chi connectivity index (χ1n) is 7.62. The first-order valence-corrected chi connectivity index (χ1v) is 9.10. The summed E-state index contributed by atoms with van der Waals surface area (Å²) >= 11 is 0. The number of rotatable bonds is 6. The van der Waals surface area contributed by atoms with Crippen LogP contribution in [0.25, 0.3) is 0 Å². The first-order chi connectivity index (χ1) is 10.5. The number of anilines is 1. The number of hydrogen-bond acceptors (Lipinski definition) is 3. The van der Waals surface area contributed by atoms with Crippen molar-refractivity contribution < 1.29 is 13.2 Å². The SMILES string of the molecule is O=C(C[C@H]1C=CCC1)Nc1cccc(S(=O)(=O)NC2CC2)c1. The van der Waals surface area contributed by atoms with Crippen LogP contribution >= 0.6 is 0 Å². The minimum Gasteiger partial charge on any atom is -0.326 e. The lowest BCUT2D eigenvalue weighted by Crippen LogP contribution is -2.25. The smallest absolute Gasteiger partial charge is 0.240 e. The summed E-state index contributed by atoms with van der Waals surface area (Å²) in [6, 6.07) is 6.47. The number of carbonyl (C=O) groups is 1. The molecule has 3 rings (SSSR count). The quantitative estimate of drug-likeness (QED) is 0.790. The highest BCUT2D eigenvalue weighted by Crippen LogP contribution is 2.24. The topological polar surface area (TPSA) is 75.3 Å². The molecule has 0 radical (unpaired) electrons. The van der Waals surface area contributed by atoms with Crippen molar-refractivity contribution in [2.45, 2.75) is 43.0 Å². The Kier molecular flexibility index (Phi) is 4.31. The van der Waals surface area contributed by atoms with E-state index in [-0.39, 0.29) is 16.8 Å². The summed E-state index contributed by atoms with van der Waals surface area (Å²) in [7, 11) is -3.49. The minimum atomic E-state index is -3.49. The molecule has 0 unspecified atom stereocenters. The summed E-state index contributed by atoms with van der Waals surface area (Å²) in [5, 5.41) is 2.79. The van der Waals surface area contributed by atoms with Gasteiger partial charge in [0.25, 0.3) is 0 Å². The van der Waals surface area contributed by atoms with Crippen LogP contribution in [-0.4, -0.2) is 20.4 Å². The predicted molar refractivity (Wildman–Crippen MR) is 84.9 cm³/mol. The van der Waals surface area contributed by atoms with Gasteiger partial charge in [-0.2, -0.15) is 0 Å². The lowest BCUT2D eigenvalue weighted by Gasteiger charge is -2.10. The summed E-state index contributed by atoms with van der Waals surface area (Å²) < 4.78 is 27.0. The molecule has 0 bridgehead atoms. The van der Waals surface area contributed by atoms with Crippen LogP contribution in [0.1, 0.15) is 32.1 Å². The summed E-state index contributed by atoms with van der Waals surface area (Å²) in [6.07, 6.45) is 8.42. The van der Waals surface area contributed by atoms with E-state index in [1.54, 1.807) is 18.2 Å². The van der Waals surface area contributed by atoms with Crippen LogP contribution in [0.5, 0.6) is 0 Å². The third kappa shape index (κ3) is 3.96. The molecule has 1 aromatic carbocycles. The van der Waals surface area contributed by atoms with Crippen LogP contribution in [0.3, 0.4) is 0 Å². The van der Waals surface area contributed by atoms with Gasteiger partial charge in [0.15, 0.2) is 0 Å². The molecule has 22 heavy (non-hydrogen) atoms. The van der Waals surface area contributed by atoms with Crippen molar-refractivity contribution in [2.75, 3.05) is 5.32 Å². The highest BCUT2D eigenvalue weighted by molar-refractivity contribution is 7.89. The Morgan fingerprint density at radius 2 is 2.05 bits per heavy atom. The summed E-state index contributed by atoms with van der Waals surface area (Å²) in [5.74, 6) is 0.213. The van der Waals surface area contributed by atoms with Crippen molar-refractivity contribution in [1.29, 1.82) is 0 Å². The number of benzene rings is 1. The lowest BCUT2D eigenvalue weighted by molar-refractivity contribution is -0.116. The van der Waals surface area contributed by atoms with Crippen molar-refractivity contribution in [3.63, 3.8) is 0 Å². The number of nitrogens with one attached hydrogen (secondary N) is 2. The molecule has 2 N–H and O–H groups in total. The molecule has 0 heterocycles. The van der Waals surface area contributed by atoms with E-state index in [0.717, 1.165) is 25.7 Å². The summed E-state index contributed by atoms with van der Waals surface area (Å²) in [6.45, 7) is 0. The maximum Gasteiger partial charge on any atom is 0.240 e. The molecule has 1 saturated carbocycles. The van der Waals surface area contributed by atoms with Gasteiger partial charge in [0.1, 0.15) is 0 Å². The number of sulfonamides is 1. The molecular formula is C16H20N2O3S. The Balaban J connectivity index is 1.65. The van der Waals surface area contributed by atoms with E-state index in [9.17, 15) is 13.2 Å². The van der Waals surface area contributed by atoms with Gasteiger partial charge >= 0.3 is 0 Å². The molecule has 0 aliphatic heterocycles. The van der Waals surface area contributed by atoms with Crippen LogP contribution in [0.2, 0.25) is 0 Å². The van der Waals surface area contributed by atoms with Gasteiger partial charge in [-0.05, 0) is 49.8 Å². The summed E-state index contributed by atoms with van der Waals surface area (Å²) in [4.78, 5) is 12.2. The van der Waals surface area contributed by atoms with E-state index < -0.39 is 10.0 Å². The standard InChI is InChI=1S/C16H20N2O3S/c19-16(10-12-4-1-2-5-12)17-14-6-3-7-15(11-14)22(20,21)18-13-8-9-13/h1,3-4,6-7,11-13,18H,2,5,8-10H2,(H,17,19)/t12-/m0/s1. The van der Waals surface area contributed by atoms with Crippen LogP contribution < -0.4 is 10.0 Å². The molecular weight excluding hydrogens is 300 g/mol.